The lowest BCUT2D eigenvalue weighted by atomic mass is 10.0. The molecular weight excluding hydrogens is 289 g/mol. The molecule has 0 bridgehead atoms. The largest absolute Gasteiger partial charge is 0.481 e. The van der Waals surface area contributed by atoms with E-state index in [-0.39, 0.29) is 12.3 Å². The summed E-state index contributed by atoms with van der Waals surface area (Å²) in [5, 5.41) is 17.7. The third-order valence-corrected chi connectivity index (χ3v) is 3.06. The lowest BCUT2D eigenvalue weighted by Gasteiger charge is -2.08. The van der Waals surface area contributed by atoms with Gasteiger partial charge in [-0.2, -0.15) is 0 Å². The van der Waals surface area contributed by atoms with Crippen molar-refractivity contribution in [2.75, 3.05) is 0 Å². The highest BCUT2D eigenvalue weighted by Crippen LogP contribution is 2.09. The second-order valence-corrected chi connectivity index (χ2v) is 4.95. The molecule has 0 saturated heterocycles. The monoisotopic (exact) mass is 309 g/mol. The Morgan fingerprint density at radius 2 is 1.91 bits per heavy atom. The van der Waals surface area contributed by atoms with Crippen molar-refractivity contribution >= 4 is 17.7 Å². The molecule has 0 radical (unpaired) electrons. The third-order valence-electron chi connectivity index (χ3n) is 3.06. The molecule has 1 aromatic carbocycles. The number of benzene rings is 1. The number of carbonyl (C=O) groups is 2. The molecule has 0 aromatic heterocycles. The number of carbonyl (C=O) groups excluding carboxylic acids is 1. The molecule has 6 nitrogen and oxygen atoms in total. The molecule has 0 spiro atoms. The van der Waals surface area contributed by atoms with Gasteiger partial charge in [0.2, 0.25) is 5.91 Å². The summed E-state index contributed by atoms with van der Waals surface area (Å²) in [6.45, 7) is 0. The maximum atomic E-state index is 13.0. The molecule has 22 heavy (non-hydrogen) atoms. The van der Waals surface area contributed by atoms with E-state index >= 15 is 0 Å². The van der Waals surface area contributed by atoms with Gasteiger partial charge in [0.1, 0.15) is 5.84 Å². The fraction of sp³-hybridized carbons (Fsp3) is 0.400. The molecule has 0 aliphatic rings. The highest BCUT2D eigenvalue weighted by atomic mass is 19.1. The Morgan fingerprint density at radius 3 is 2.45 bits per heavy atom. The van der Waals surface area contributed by atoms with E-state index in [0.717, 1.165) is 18.4 Å². The number of amidine groups is 1. The summed E-state index contributed by atoms with van der Waals surface area (Å²) in [5.74, 6) is -1.76. The minimum atomic E-state index is -1.84. The number of nitrogens with two attached hydrogens (primary N) is 1. The van der Waals surface area contributed by atoms with Crippen LogP contribution in [0.25, 0.3) is 0 Å². The van der Waals surface area contributed by atoms with Crippen molar-refractivity contribution < 1.29 is 19.1 Å². The molecule has 0 fully saturated rings. The van der Waals surface area contributed by atoms with Crippen LogP contribution >= 0.6 is 0 Å². The van der Waals surface area contributed by atoms with Gasteiger partial charge in [0.05, 0.1) is 6.42 Å². The summed E-state index contributed by atoms with van der Waals surface area (Å²) in [6.07, 6.45) is -0.313. The quantitative estimate of drug-likeness (QED) is 0.240. The average molecular weight is 309 g/mol. The molecule has 0 heterocycles. The SMILES string of the molecule is N=C(N)c1ccc(CCCCC(=O)NC(F)CC(=O)O)cc1. The maximum absolute atomic E-state index is 13.0. The number of unbranched alkanes of at least 4 members (excludes halogenated alkanes) is 1. The number of rotatable bonds is 9. The van der Waals surface area contributed by atoms with E-state index in [1.165, 1.54) is 0 Å². The first-order valence-corrected chi connectivity index (χ1v) is 6.97. The number of alkyl halides is 1. The third kappa shape index (κ3) is 6.83. The van der Waals surface area contributed by atoms with E-state index in [9.17, 15) is 14.0 Å². The van der Waals surface area contributed by atoms with Crippen molar-refractivity contribution in [3.05, 3.63) is 35.4 Å². The predicted octanol–water partition coefficient (Wildman–Crippen LogP) is 1.57. The number of carboxylic acids is 1. The zero-order chi connectivity index (χ0) is 16.5. The number of hydrogen-bond donors (Lipinski definition) is 4. The Bertz CT molecular complexity index is 531. The van der Waals surface area contributed by atoms with Crippen LogP contribution in [0.3, 0.4) is 0 Å². The van der Waals surface area contributed by atoms with Gasteiger partial charge >= 0.3 is 5.97 Å². The first-order valence-electron chi connectivity index (χ1n) is 6.97. The number of aryl methyl sites for hydroxylation is 1. The van der Waals surface area contributed by atoms with Crippen LogP contribution in [-0.4, -0.2) is 29.1 Å². The van der Waals surface area contributed by atoms with Gasteiger partial charge in [-0.25, -0.2) is 4.39 Å². The lowest BCUT2D eigenvalue weighted by Crippen LogP contribution is -2.33. The van der Waals surface area contributed by atoms with Gasteiger partial charge in [-0.1, -0.05) is 24.3 Å². The van der Waals surface area contributed by atoms with Crippen LogP contribution in [0.4, 0.5) is 4.39 Å². The van der Waals surface area contributed by atoms with Crippen molar-refractivity contribution in [3.63, 3.8) is 0 Å². The molecule has 120 valence electrons. The molecule has 7 heteroatoms. The summed E-state index contributed by atoms with van der Waals surface area (Å²) < 4.78 is 13.0. The van der Waals surface area contributed by atoms with Crippen LogP contribution in [0.15, 0.2) is 24.3 Å². The lowest BCUT2D eigenvalue weighted by molar-refractivity contribution is -0.138. The van der Waals surface area contributed by atoms with Crippen molar-refractivity contribution in [1.29, 1.82) is 5.41 Å². The molecule has 0 aliphatic heterocycles. The molecule has 1 aromatic rings. The second kappa shape index (κ2) is 8.76. The van der Waals surface area contributed by atoms with Gasteiger partial charge in [0.15, 0.2) is 6.30 Å². The Hall–Kier alpha value is -2.44. The van der Waals surface area contributed by atoms with Gasteiger partial charge in [-0.3, -0.25) is 15.0 Å². The summed E-state index contributed by atoms with van der Waals surface area (Å²) in [5.41, 5.74) is 7.09. The first-order chi connectivity index (χ1) is 10.4. The van der Waals surface area contributed by atoms with Crippen LogP contribution in [0.2, 0.25) is 0 Å². The number of halogens is 1. The standard InChI is InChI=1S/C15H20FN3O3/c16-12(9-14(21)22)19-13(20)4-2-1-3-10-5-7-11(8-6-10)15(17)18/h5-8,12H,1-4,9H2,(H3,17,18)(H,19,20)(H,21,22). The number of amides is 1. The van der Waals surface area contributed by atoms with Gasteiger partial charge in [0.25, 0.3) is 0 Å². The first kappa shape index (κ1) is 17.6. The van der Waals surface area contributed by atoms with Crippen molar-refractivity contribution in [3.8, 4) is 0 Å². The van der Waals surface area contributed by atoms with E-state index in [2.05, 4.69) is 0 Å². The Balaban J connectivity index is 2.23. The number of nitrogens with one attached hydrogen (secondary N) is 2. The van der Waals surface area contributed by atoms with Crippen molar-refractivity contribution in [2.45, 2.75) is 38.4 Å². The average Bonchev–Trinajstić information content (AvgIpc) is 2.43. The van der Waals surface area contributed by atoms with Gasteiger partial charge in [-0.15, -0.1) is 0 Å². The highest BCUT2D eigenvalue weighted by molar-refractivity contribution is 5.94. The van der Waals surface area contributed by atoms with Crippen molar-refractivity contribution in [2.24, 2.45) is 5.73 Å². The highest BCUT2D eigenvalue weighted by Gasteiger charge is 2.13. The summed E-state index contributed by atoms with van der Waals surface area (Å²) in [4.78, 5) is 21.6. The number of carboxylic acid groups (broad SMARTS) is 1. The number of aliphatic carboxylic acids is 1. The minimum absolute atomic E-state index is 0.0189. The Morgan fingerprint density at radius 1 is 1.27 bits per heavy atom. The normalized spacial score (nSPS) is 11.7. The van der Waals surface area contributed by atoms with E-state index in [1.54, 1.807) is 12.1 Å². The zero-order valence-corrected chi connectivity index (χ0v) is 12.1. The number of hydrogen-bond acceptors (Lipinski definition) is 3. The Labute approximate surface area is 128 Å². The van der Waals surface area contributed by atoms with E-state index in [0.29, 0.717) is 12.0 Å². The number of nitrogen functional groups attached to an aromatic ring is 1. The fourth-order valence-electron chi connectivity index (χ4n) is 1.92. The molecule has 5 N–H and O–H groups in total. The summed E-state index contributed by atoms with van der Waals surface area (Å²) >= 11 is 0. The molecular formula is C15H20FN3O3. The molecule has 1 amide bonds. The van der Waals surface area contributed by atoms with Crippen LogP contribution in [0.5, 0.6) is 0 Å². The molecule has 0 saturated carbocycles. The van der Waals surface area contributed by atoms with Gasteiger partial charge < -0.3 is 16.2 Å². The van der Waals surface area contributed by atoms with Crippen LogP contribution in [0, 0.1) is 5.41 Å². The van der Waals surface area contributed by atoms with Gasteiger partial charge in [-0.05, 0) is 24.8 Å². The van der Waals surface area contributed by atoms with Gasteiger partial charge in [0, 0.05) is 12.0 Å². The predicted molar refractivity (Wildman–Crippen MR) is 80.3 cm³/mol. The topological polar surface area (TPSA) is 116 Å². The molecule has 0 aliphatic carbocycles. The molecule has 1 rings (SSSR count). The summed E-state index contributed by atoms with van der Waals surface area (Å²) in [7, 11) is 0. The van der Waals surface area contributed by atoms with E-state index in [4.69, 9.17) is 16.2 Å². The smallest absolute Gasteiger partial charge is 0.308 e. The van der Waals surface area contributed by atoms with Crippen LogP contribution in [0.1, 0.15) is 36.8 Å². The maximum Gasteiger partial charge on any atom is 0.308 e. The summed E-state index contributed by atoms with van der Waals surface area (Å²) in [6, 6.07) is 7.29. The minimum Gasteiger partial charge on any atom is -0.481 e. The Kier molecular flexibility index (Phi) is 7.01. The van der Waals surface area contributed by atoms with Crippen LogP contribution in [-0.2, 0) is 16.0 Å². The van der Waals surface area contributed by atoms with Crippen molar-refractivity contribution in [1.82, 2.24) is 5.32 Å². The molecule has 1 atom stereocenters. The van der Waals surface area contributed by atoms with E-state index < -0.39 is 24.6 Å². The van der Waals surface area contributed by atoms with Crippen LogP contribution < -0.4 is 11.1 Å². The second-order valence-electron chi connectivity index (χ2n) is 4.95. The zero-order valence-electron chi connectivity index (χ0n) is 12.1. The molecule has 1 unspecified atom stereocenters. The van der Waals surface area contributed by atoms with E-state index in [1.807, 2.05) is 17.4 Å². The fourth-order valence-corrected chi connectivity index (χ4v) is 1.92.